The molecule has 3 rings (SSSR count). The molecule has 0 spiro atoms. The fourth-order valence-electron chi connectivity index (χ4n) is 2.41. The zero-order chi connectivity index (χ0) is 15.0. The zero-order valence-electron chi connectivity index (χ0n) is 11.7. The molecule has 1 aliphatic rings. The molecule has 21 heavy (non-hydrogen) atoms. The highest BCUT2D eigenvalue weighted by molar-refractivity contribution is 5.77. The lowest BCUT2D eigenvalue weighted by atomic mass is 10.2. The van der Waals surface area contributed by atoms with Crippen LogP contribution in [0.2, 0.25) is 0 Å². The van der Waals surface area contributed by atoms with Gasteiger partial charge in [0.2, 0.25) is 11.8 Å². The molecule has 9 heteroatoms. The maximum absolute atomic E-state index is 9.84. The van der Waals surface area contributed by atoms with Crippen molar-refractivity contribution in [2.24, 2.45) is 0 Å². The predicted octanol–water partition coefficient (Wildman–Crippen LogP) is -0.483. The van der Waals surface area contributed by atoms with Crippen molar-refractivity contribution in [3.05, 3.63) is 6.33 Å². The molecule has 114 valence electrons. The van der Waals surface area contributed by atoms with Gasteiger partial charge in [-0.05, 0) is 0 Å². The van der Waals surface area contributed by atoms with E-state index in [2.05, 4.69) is 20.3 Å². The second-order valence-corrected chi connectivity index (χ2v) is 4.75. The Labute approximate surface area is 120 Å². The summed E-state index contributed by atoms with van der Waals surface area (Å²) in [6.45, 7) is -0.232. The van der Waals surface area contributed by atoms with Crippen molar-refractivity contribution >= 4 is 17.1 Å². The molecule has 2 aromatic heterocycles. The van der Waals surface area contributed by atoms with Gasteiger partial charge in [0.15, 0.2) is 11.2 Å². The maximum Gasteiger partial charge on any atom is 0.246 e. The summed E-state index contributed by atoms with van der Waals surface area (Å²) in [6.07, 6.45) is 0.174. The molecule has 9 nitrogen and oxygen atoms in total. The van der Waals surface area contributed by atoms with Crippen LogP contribution in [0.3, 0.4) is 0 Å². The number of aliphatic hydroxyl groups is 2. The van der Waals surface area contributed by atoms with Gasteiger partial charge >= 0.3 is 0 Å². The van der Waals surface area contributed by atoms with Gasteiger partial charge in [-0.25, -0.2) is 4.98 Å². The SMILES string of the molecule is CNc1nc(OC)c2ncn([C@H]3C[C@@H](O)[C@H](CO)O3)c2n1. The molecule has 3 heterocycles. The Kier molecular flexibility index (Phi) is 3.62. The van der Waals surface area contributed by atoms with Crippen molar-refractivity contribution in [1.82, 2.24) is 19.5 Å². The van der Waals surface area contributed by atoms with Gasteiger partial charge in [-0.3, -0.25) is 4.57 Å². The maximum atomic E-state index is 9.84. The molecule has 1 aliphatic heterocycles. The minimum atomic E-state index is -0.718. The monoisotopic (exact) mass is 295 g/mol. The fourth-order valence-corrected chi connectivity index (χ4v) is 2.41. The quantitative estimate of drug-likeness (QED) is 0.692. The van der Waals surface area contributed by atoms with Crippen molar-refractivity contribution in [3.63, 3.8) is 0 Å². The summed E-state index contributed by atoms with van der Waals surface area (Å²) in [5, 5.41) is 21.9. The number of rotatable bonds is 4. The molecule has 0 aromatic carbocycles. The number of aromatic nitrogens is 4. The van der Waals surface area contributed by atoms with E-state index in [0.29, 0.717) is 29.4 Å². The van der Waals surface area contributed by atoms with E-state index < -0.39 is 18.4 Å². The van der Waals surface area contributed by atoms with Gasteiger partial charge in [0.25, 0.3) is 0 Å². The minimum Gasteiger partial charge on any atom is -0.479 e. The first-order valence-electron chi connectivity index (χ1n) is 6.58. The number of aliphatic hydroxyl groups excluding tert-OH is 2. The van der Waals surface area contributed by atoms with Crippen molar-refractivity contribution in [2.45, 2.75) is 24.9 Å². The zero-order valence-corrected chi connectivity index (χ0v) is 11.7. The lowest BCUT2D eigenvalue weighted by molar-refractivity contribution is -0.0432. The van der Waals surface area contributed by atoms with Crippen molar-refractivity contribution in [2.75, 3.05) is 26.1 Å². The number of fused-ring (bicyclic) bond motifs is 1. The molecule has 3 atom stereocenters. The average molecular weight is 295 g/mol. The van der Waals surface area contributed by atoms with Gasteiger partial charge in [0, 0.05) is 13.5 Å². The van der Waals surface area contributed by atoms with E-state index in [0.717, 1.165) is 0 Å². The molecule has 0 amide bonds. The van der Waals surface area contributed by atoms with Crippen LogP contribution in [0.4, 0.5) is 5.95 Å². The molecular formula is C12H17N5O4. The number of anilines is 1. The van der Waals surface area contributed by atoms with Crippen LogP contribution in [0.1, 0.15) is 12.6 Å². The number of nitrogens with one attached hydrogen (secondary N) is 1. The number of hydrogen-bond donors (Lipinski definition) is 3. The minimum absolute atomic E-state index is 0.232. The number of ether oxygens (including phenoxy) is 2. The Morgan fingerprint density at radius 1 is 1.52 bits per heavy atom. The highest BCUT2D eigenvalue weighted by atomic mass is 16.5. The standard InChI is InChI=1S/C12H17N5O4/c1-13-12-15-10-9(11(16-12)20-2)14-5-17(10)8-3-6(19)7(4-18)21-8/h5-8,18-19H,3-4H2,1-2H3,(H,13,15,16)/t6-,7+,8-/m1/s1. The second-order valence-electron chi connectivity index (χ2n) is 4.75. The molecule has 3 N–H and O–H groups in total. The third-order valence-corrected chi connectivity index (χ3v) is 3.50. The summed E-state index contributed by atoms with van der Waals surface area (Å²) in [7, 11) is 3.22. The van der Waals surface area contributed by atoms with Crippen LogP contribution in [0, 0.1) is 0 Å². The lowest BCUT2D eigenvalue weighted by Gasteiger charge is -2.14. The molecule has 0 saturated carbocycles. The lowest BCUT2D eigenvalue weighted by Crippen LogP contribution is -2.24. The normalized spacial score (nSPS) is 25.4. The molecule has 1 saturated heterocycles. The van der Waals surface area contributed by atoms with Gasteiger partial charge in [-0.1, -0.05) is 0 Å². The summed E-state index contributed by atoms with van der Waals surface area (Å²) in [5.74, 6) is 0.763. The Bertz CT molecular complexity index is 646. The highest BCUT2D eigenvalue weighted by Crippen LogP contribution is 2.32. The largest absolute Gasteiger partial charge is 0.479 e. The van der Waals surface area contributed by atoms with E-state index in [1.807, 2.05) is 0 Å². The first-order chi connectivity index (χ1) is 10.2. The molecule has 0 radical (unpaired) electrons. The van der Waals surface area contributed by atoms with Gasteiger partial charge in [-0.15, -0.1) is 0 Å². The van der Waals surface area contributed by atoms with E-state index in [9.17, 15) is 5.11 Å². The molecule has 2 aromatic rings. The second kappa shape index (κ2) is 5.43. The highest BCUT2D eigenvalue weighted by Gasteiger charge is 2.35. The Hall–Kier alpha value is -1.97. The predicted molar refractivity (Wildman–Crippen MR) is 73.0 cm³/mol. The Morgan fingerprint density at radius 2 is 2.33 bits per heavy atom. The van der Waals surface area contributed by atoms with Crippen LogP contribution in [-0.4, -0.2) is 62.7 Å². The third-order valence-electron chi connectivity index (χ3n) is 3.50. The van der Waals surface area contributed by atoms with E-state index in [-0.39, 0.29) is 6.61 Å². The summed E-state index contributed by atoms with van der Waals surface area (Å²) >= 11 is 0. The van der Waals surface area contributed by atoms with Crippen molar-refractivity contribution in [3.8, 4) is 5.88 Å². The van der Waals surface area contributed by atoms with Gasteiger partial charge in [-0.2, -0.15) is 9.97 Å². The van der Waals surface area contributed by atoms with Crippen LogP contribution >= 0.6 is 0 Å². The third kappa shape index (κ3) is 2.28. The summed E-state index contributed by atoms with van der Waals surface area (Å²) < 4.78 is 12.5. The summed E-state index contributed by atoms with van der Waals surface area (Å²) in [4.78, 5) is 12.8. The van der Waals surface area contributed by atoms with E-state index in [1.54, 1.807) is 17.9 Å². The summed E-state index contributed by atoms with van der Waals surface area (Å²) in [5.41, 5.74) is 1.06. The van der Waals surface area contributed by atoms with Crippen LogP contribution in [-0.2, 0) is 4.74 Å². The number of hydrogen-bond acceptors (Lipinski definition) is 8. The number of nitrogens with zero attached hydrogens (tertiary/aromatic N) is 4. The number of methoxy groups -OCH3 is 1. The van der Waals surface area contributed by atoms with E-state index >= 15 is 0 Å². The van der Waals surface area contributed by atoms with Crippen LogP contribution in [0.15, 0.2) is 6.33 Å². The van der Waals surface area contributed by atoms with Gasteiger partial charge in [0.05, 0.1) is 26.1 Å². The van der Waals surface area contributed by atoms with Crippen molar-refractivity contribution in [1.29, 1.82) is 0 Å². The number of imidazole rings is 1. The molecule has 0 aliphatic carbocycles. The first kappa shape index (κ1) is 14.0. The summed E-state index contributed by atoms with van der Waals surface area (Å²) in [6, 6.07) is 0. The van der Waals surface area contributed by atoms with Gasteiger partial charge in [0.1, 0.15) is 12.3 Å². The smallest absolute Gasteiger partial charge is 0.246 e. The fraction of sp³-hybridized carbons (Fsp3) is 0.583. The molecule has 1 fully saturated rings. The Morgan fingerprint density at radius 3 is 2.95 bits per heavy atom. The van der Waals surface area contributed by atoms with Gasteiger partial charge < -0.3 is 25.0 Å². The topological polar surface area (TPSA) is 115 Å². The van der Waals surface area contributed by atoms with Crippen LogP contribution in [0.25, 0.3) is 11.2 Å². The first-order valence-corrected chi connectivity index (χ1v) is 6.58. The van der Waals surface area contributed by atoms with Crippen molar-refractivity contribution < 1.29 is 19.7 Å². The van der Waals surface area contributed by atoms with E-state index in [4.69, 9.17) is 14.6 Å². The molecule has 0 bridgehead atoms. The van der Waals surface area contributed by atoms with Crippen LogP contribution in [0.5, 0.6) is 5.88 Å². The van der Waals surface area contributed by atoms with E-state index in [1.165, 1.54) is 7.11 Å². The average Bonchev–Trinajstić information content (AvgIpc) is 3.08. The Balaban J connectivity index is 2.04. The van der Waals surface area contributed by atoms with Crippen LogP contribution < -0.4 is 10.1 Å². The molecular weight excluding hydrogens is 278 g/mol. The molecule has 0 unspecified atom stereocenters.